The van der Waals surface area contributed by atoms with E-state index in [1.165, 1.54) is 17.0 Å². The first-order valence-electron chi connectivity index (χ1n) is 9.22. The number of carbonyl (C=O) groups is 3. The molecule has 0 aliphatic heterocycles. The third-order valence-corrected chi connectivity index (χ3v) is 4.03. The van der Waals surface area contributed by atoms with Crippen molar-refractivity contribution in [3.63, 3.8) is 0 Å². The Morgan fingerprint density at radius 1 is 1.16 bits per heavy atom. The molecule has 0 aliphatic carbocycles. The normalized spacial score (nSPS) is 13.5. The van der Waals surface area contributed by atoms with E-state index in [2.05, 4.69) is 20.4 Å². The van der Waals surface area contributed by atoms with E-state index in [1.807, 2.05) is 0 Å². The van der Waals surface area contributed by atoms with Crippen LogP contribution in [0.25, 0.3) is 0 Å². The van der Waals surface area contributed by atoms with Gasteiger partial charge in [-0.1, -0.05) is 13.0 Å². The van der Waals surface area contributed by atoms with E-state index in [-0.39, 0.29) is 25.3 Å². The lowest BCUT2D eigenvalue weighted by molar-refractivity contribution is -0.707. The first-order valence-corrected chi connectivity index (χ1v) is 9.22. The average Bonchev–Trinajstić information content (AvgIpc) is 3.22. The Bertz CT molecular complexity index is 1070. The minimum atomic E-state index is -1.24. The van der Waals surface area contributed by atoms with Crippen molar-refractivity contribution in [2.45, 2.75) is 32.4 Å². The Balaban J connectivity index is 2.16. The average molecular weight is 432 g/mol. The maximum Gasteiger partial charge on any atom is 0.509 e. The zero-order chi connectivity index (χ0) is 22.8. The van der Waals surface area contributed by atoms with Crippen LogP contribution >= 0.6 is 0 Å². The van der Waals surface area contributed by atoms with Crippen LogP contribution in [0, 0.1) is 0 Å². The predicted octanol–water partition coefficient (Wildman–Crippen LogP) is 0.980. The molecule has 0 radical (unpaired) electrons. The second kappa shape index (κ2) is 11.1. The number of pyridine rings is 1. The highest BCUT2D eigenvalue weighted by Crippen LogP contribution is 2.01. The summed E-state index contributed by atoms with van der Waals surface area (Å²) in [5, 5.41) is 43.1. The molecule has 2 aromatic rings. The molecule has 2 heterocycles. The van der Waals surface area contributed by atoms with Crippen LogP contribution in [0.2, 0.25) is 0 Å². The first kappa shape index (κ1) is 23.1. The van der Waals surface area contributed by atoms with E-state index >= 15 is 0 Å². The molecule has 1 unspecified atom stereocenters. The SMILES string of the molecule is CCC(N=NCC(C(=O)O)[n+]1ccn(C(=O)O)c1)=NN=c1ccccn1CCC(=O)O. The number of carboxylic acid groups (broad SMARTS) is 3. The molecule has 13 nitrogen and oxygen atoms in total. The molecular weight excluding hydrogens is 410 g/mol. The second-order valence-electron chi connectivity index (χ2n) is 6.19. The Morgan fingerprint density at radius 2 is 1.94 bits per heavy atom. The van der Waals surface area contributed by atoms with Crippen molar-refractivity contribution >= 4 is 23.9 Å². The molecule has 13 heteroatoms. The summed E-state index contributed by atoms with van der Waals surface area (Å²) >= 11 is 0. The van der Waals surface area contributed by atoms with Crippen LogP contribution < -0.4 is 10.1 Å². The van der Waals surface area contributed by atoms with Crippen LogP contribution in [0.15, 0.2) is 63.5 Å². The van der Waals surface area contributed by atoms with Gasteiger partial charge >= 0.3 is 18.0 Å². The van der Waals surface area contributed by atoms with Crippen LogP contribution in [-0.2, 0) is 16.1 Å². The van der Waals surface area contributed by atoms with Gasteiger partial charge in [0.15, 0.2) is 11.3 Å². The highest BCUT2D eigenvalue weighted by Gasteiger charge is 2.26. The van der Waals surface area contributed by atoms with Crippen molar-refractivity contribution < 1.29 is 34.3 Å². The van der Waals surface area contributed by atoms with E-state index in [0.29, 0.717) is 11.9 Å². The maximum atomic E-state index is 11.5. The highest BCUT2D eigenvalue weighted by atomic mass is 16.4. The number of rotatable bonds is 9. The molecule has 1 atom stereocenters. The van der Waals surface area contributed by atoms with Gasteiger partial charge in [-0.2, -0.15) is 9.91 Å². The van der Waals surface area contributed by atoms with Crippen LogP contribution in [0.4, 0.5) is 4.79 Å². The van der Waals surface area contributed by atoms with Gasteiger partial charge in [-0.05, 0) is 12.1 Å². The van der Waals surface area contributed by atoms with Gasteiger partial charge in [0.25, 0.3) is 6.33 Å². The summed E-state index contributed by atoms with van der Waals surface area (Å²) in [5.41, 5.74) is 0.430. The number of aliphatic carboxylic acids is 2. The van der Waals surface area contributed by atoms with Crippen molar-refractivity contribution in [1.29, 1.82) is 0 Å². The number of imidazole rings is 1. The third-order valence-electron chi connectivity index (χ3n) is 4.03. The fourth-order valence-corrected chi connectivity index (χ4v) is 2.40. The topological polar surface area (TPSA) is 175 Å². The summed E-state index contributed by atoms with van der Waals surface area (Å²) in [7, 11) is 0. The maximum absolute atomic E-state index is 11.5. The van der Waals surface area contributed by atoms with E-state index in [4.69, 9.17) is 10.2 Å². The highest BCUT2D eigenvalue weighted by molar-refractivity contribution is 5.82. The smallest absolute Gasteiger partial charge is 0.481 e. The molecule has 2 aromatic heterocycles. The largest absolute Gasteiger partial charge is 0.509 e. The number of hydrogen-bond donors (Lipinski definition) is 3. The molecule has 0 amide bonds. The lowest BCUT2D eigenvalue weighted by Gasteiger charge is -2.05. The second-order valence-corrected chi connectivity index (χ2v) is 6.19. The lowest BCUT2D eigenvalue weighted by atomic mass is 10.3. The number of aryl methyl sites for hydroxylation is 1. The van der Waals surface area contributed by atoms with Crippen molar-refractivity contribution in [3.05, 3.63) is 48.6 Å². The van der Waals surface area contributed by atoms with Gasteiger partial charge in [-0.25, -0.2) is 9.36 Å². The first-order chi connectivity index (χ1) is 14.8. The Morgan fingerprint density at radius 3 is 2.55 bits per heavy atom. The molecule has 0 aliphatic rings. The molecule has 2 rings (SSSR count). The number of amidine groups is 1. The van der Waals surface area contributed by atoms with Gasteiger partial charge in [0.2, 0.25) is 6.04 Å². The fraction of sp³-hybridized carbons (Fsp3) is 0.333. The predicted molar refractivity (Wildman–Crippen MR) is 104 cm³/mol. The number of aromatic nitrogens is 3. The molecule has 164 valence electrons. The van der Waals surface area contributed by atoms with E-state index < -0.39 is 24.1 Å². The third kappa shape index (κ3) is 6.99. The van der Waals surface area contributed by atoms with Crippen LogP contribution in [-0.4, -0.2) is 54.9 Å². The molecule has 0 aromatic carbocycles. The number of nitrogens with zero attached hydrogens (tertiary/aromatic N) is 7. The van der Waals surface area contributed by atoms with Gasteiger partial charge in [-0.3, -0.25) is 4.79 Å². The van der Waals surface area contributed by atoms with Gasteiger partial charge in [0.1, 0.15) is 18.9 Å². The summed E-state index contributed by atoms with van der Waals surface area (Å²) in [6.45, 7) is 1.75. The quantitative estimate of drug-likeness (QED) is 0.175. The summed E-state index contributed by atoms with van der Waals surface area (Å²) < 4.78 is 3.66. The van der Waals surface area contributed by atoms with E-state index in [9.17, 15) is 19.5 Å². The zero-order valence-corrected chi connectivity index (χ0v) is 16.6. The molecular formula is C18H22N7O6+. The summed E-state index contributed by atoms with van der Waals surface area (Å²) in [4.78, 5) is 33.2. The Labute approximate surface area is 175 Å². The van der Waals surface area contributed by atoms with Crippen molar-refractivity contribution in [1.82, 2.24) is 9.13 Å². The molecule has 0 fully saturated rings. The van der Waals surface area contributed by atoms with Crippen molar-refractivity contribution in [2.75, 3.05) is 6.54 Å². The van der Waals surface area contributed by atoms with Crippen molar-refractivity contribution in [3.8, 4) is 0 Å². The minimum absolute atomic E-state index is 0.0703. The van der Waals surface area contributed by atoms with Crippen LogP contribution in [0.1, 0.15) is 25.8 Å². The monoisotopic (exact) mass is 432 g/mol. The molecule has 0 saturated heterocycles. The molecule has 0 bridgehead atoms. The van der Waals surface area contributed by atoms with Crippen LogP contribution in [0.3, 0.4) is 0 Å². The number of hydrogen-bond acceptors (Lipinski definition) is 6. The Hall–Kier alpha value is -4.16. The number of carboxylic acids is 2. The van der Waals surface area contributed by atoms with Gasteiger partial charge in [-0.15, -0.1) is 19.9 Å². The van der Waals surface area contributed by atoms with Gasteiger partial charge in [0.05, 0.1) is 6.42 Å². The molecule has 0 spiro atoms. The van der Waals surface area contributed by atoms with E-state index in [0.717, 1.165) is 10.9 Å². The number of azo groups is 1. The fourth-order valence-electron chi connectivity index (χ4n) is 2.40. The lowest BCUT2D eigenvalue weighted by Crippen LogP contribution is -2.44. The standard InChI is InChI=1S/C18H21N7O6/c1-2-14(21-22-15-5-3-4-7-23(15)8-6-16(26)27)20-19-11-13(17(28)29)24-9-10-25(12-24)18(30)31/h3-5,7,9-10,12-13H,2,6,8,11H2,1H3,(H2-,26,27,28,29,30,31)/p+1. The van der Waals surface area contributed by atoms with Crippen molar-refractivity contribution in [2.24, 2.45) is 20.4 Å². The molecule has 0 saturated carbocycles. The Kier molecular flexibility index (Phi) is 8.31. The minimum Gasteiger partial charge on any atom is -0.481 e. The summed E-state index contributed by atoms with van der Waals surface area (Å²) in [6, 6.07) is 4.00. The molecule has 31 heavy (non-hydrogen) atoms. The van der Waals surface area contributed by atoms with Gasteiger partial charge < -0.3 is 19.9 Å². The van der Waals surface area contributed by atoms with Crippen LogP contribution in [0.5, 0.6) is 0 Å². The van der Waals surface area contributed by atoms with Gasteiger partial charge in [0, 0.05) is 19.2 Å². The zero-order valence-electron chi connectivity index (χ0n) is 16.6. The summed E-state index contributed by atoms with van der Waals surface area (Å²) in [6.07, 6.45) is 4.40. The summed E-state index contributed by atoms with van der Waals surface area (Å²) in [5.74, 6) is -1.89. The van der Waals surface area contributed by atoms with E-state index in [1.54, 1.807) is 35.9 Å². The molecule has 3 N–H and O–H groups in total.